The number of hydrogen-bond donors (Lipinski definition) is 1. The van der Waals surface area contributed by atoms with Gasteiger partial charge in [-0.2, -0.15) is 0 Å². The number of amides is 1. The van der Waals surface area contributed by atoms with Crippen molar-refractivity contribution >= 4 is 11.8 Å². The van der Waals surface area contributed by atoms with Crippen molar-refractivity contribution in [3.05, 3.63) is 29.8 Å². The van der Waals surface area contributed by atoms with Crippen molar-refractivity contribution in [1.82, 2.24) is 4.90 Å². The van der Waals surface area contributed by atoms with E-state index in [1.54, 1.807) is 0 Å². The fourth-order valence-electron chi connectivity index (χ4n) is 3.51. The number of nitrogens with zero attached hydrogens (tertiary/aromatic N) is 1. The predicted molar refractivity (Wildman–Crippen MR) is 99.0 cm³/mol. The molecule has 2 N–H and O–H groups in total. The molecule has 24 heavy (non-hydrogen) atoms. The number of fused-ring (bicyclic) bond motifs is 2. The first-order chi connectivity index (χ1) is 11.2. The van der Waals surface area contributed by atoms with Gasteiger partial charge in [-0.05, 0) is 63.5 Å². The Bertz CT molecular complexity index is 563. The zero-order valence-corrected chi connectivity index (χ0v) is 15.7. The van der Waals surface area contributed by atoms with E-state index < -0.39 is 0 Å². The number of anilines is 1. The van der Waals surface area contributed by atoms with E-state index in [0.717, 1.165) is 18.2 Å². The van der Waals surface area contributed by atoms with Crippen molar-refractivity contribution in [2.45, 2.75) is 71.4 Å². The van der Waals surface area contributed by atoms with Crippen LogP contribution < -0.4 is 5.73 Å². The summed E-state index contributed by atoms with van der Waals surface area (Å²) < 4.78 is 5.36. The fourth-order valence-corrected chi connectivity index (χ4v) is 3.51. The number of nitrogen functional groups attached to an aromatic ring is 1. The van der Waals surface area contributed by atoms with Crippen molar-refractivity contribution < 1.29 is 9.53 Å². The van der Waals surface area contributed by atoms with Gasteiger partial charge in [0.15, 0.2) is 0 Å². The van der Waals surface area contributed by atoms with Crippen LogP contribution in [0.2, 0.25) is 0 Å². The molecule has 1 aliphatic heterocycles. The highest BCUT2D eigenvalue weighted by Crippen LogP contribution is 2.37. The summed E-state index contributed by atoms with van der Waals surface area (Å²) in [5.74, 6) is 1.27. The number of para-hydroxylation sites is 1. The molecule has 2 aliphatic rings. The summed E-state index contributed by atoms with van der Waals surface area (Å²) in [6, 6.07) is 8.46. The summed E-state index contributed by atoms with van der Waals surface area (Å²) in [7, 11) is 0. The molecule has 1 amide bonds. The number of likely N-dealkylation sites (tertiary alicyclic amines) is 1. The maximum Gasteiger partial charge on any atom is 0.410 e. The molecule has 1 saturated heterocycles. The summed E-state index contributed by atoms with van der Waals surface area (Å²) >= 11 is 0. The lowest BCUT2D eigenvalue weighted by atomic mass is 10.0. The average Bonchev–Trinajstić information content (AvgIpc) is 3.09. The van der Waals surface area contributed by atoms with E-state index in [9.17, 15) is 4.79 Å². The Labute approximate surface area is 146 Å². The number of nitrogens with two attached hydrogens (primary N) is 1. The minimum atomic E-state index is -0.362. The molecule has 4 nitrogen and oxygen atoms in total. The number of benzene rings is 1. The van der Waals surface area contributed by atoms with Crippen molar-refractivity contribution in [1.29, 1.82) is 0 Å². The predicted octanol–water partition coefficient (Wildman–Crippen LogP) is 4.80. The fraction of sp³-hybridized carbons (Fsp3) is 0.650. The molecule has 2 fully saturated rings. The van der Waals surface area contributed by atoms with E-state index >= 15 is 0 Å². The maximum absolute atomic E-state index is 11.8. The quantitative estimate of drug-likeness (QED) is 0.752. The normalized spacial score (nSPS) is 22.3. The van der Waals surface area contributed by atoms with E-state index in [1.165, 1.54) is 24.8 Å². The molecule has 2 bridgehead atoms. The third kappa shape index (κ3) is 4.89. The molecule has 2 unspecified atom stereocenters. The Balaban J connectivity index is 0.000000185. The lowest BCUT2D eigenvalue weighted by Gasteiger charge is -2.30. The van der Waals surface area contributed by atoms with Gasteiger partial charge in [-0.25, -0.2) is 4.79 Å². The van der Waals surface area contributed by atoms with Crippen molar-refractivity contribution in [2.75, 3.05) is 12.3 Å². The molecule has 134 valence electrons. The summed E-state index contributed by atoms with van der Waals surface area (Å²) in [6.07, 6.45) is 3.54. The topological polar surface area (TPSA) is 55.6 Å². The van der Waals surface area contributed by atoms with Gasteiger partial charge < -0.3 is 15.4 Å². The SMILES string of the molecule is CC(C)(C)OC(=O)N1CC2CCC1C2.CC(C)c1ccccc1N. The minimum Gasteiger partial charge on any atom is -0.444 e. The first-order valence-electron chi connectivity index (χ1n) is 9.01. The second kappa shape index (κ2) is 7.45. The zero-order chi connectivity index (χ0) is 17.9. The van der Waals surface area contributed by atoms with Gasteiger partial charge >= 0.3 is 6.09 Å². The molecule has 0 radical (unpaired) electrons. The van der Waals surface area contributed by atoms with E-state index in [1.807, 2.05) is 43.9 Å². The molecular weight excluding hydrogens is 300 g/mol. The van der Waals surface area contributed by atoms with Gasteiger partial charge in [0.25, 0.3) is 0 Å². The highest BCUT2D eigenvalue weighted by molar-refractivity contribution is 5.69. The van der Waals surface area contributed by atoms with Crippen molar-refractivity contribution in [3.8, 4) is 0 Å². The molecule has 0 aromatic heterocycles. The second-order valence-corrected chi connectivity index (χ2v) is 8.25. The van der Waals surface area contributed by atoms with Gasteiger partial charge in [-0.1, -0.05) is 32.0 Å². The monoisotopic (exact) mass is 332 g/mol. The minimum absolute atomic E-state index is 0.121. The Kier molecular flexibility index (Phi) is 5.79. The molecule has 0 spiro atoms. The Morgan fingerprint density at radius 3 is 2.33 bits per heavy atom. The van der Waals surface area contributed by atoms with Crippen LogP contribution in [0.25, 0.3) is 0 Å². The van der Waals surface area contributed by atoms with Gasteiger partial charge in [-0.15, -0.1) is 0 Å². The molecular formula is C20H32N2O2. The Hall–Kier alpha value is -1.71. The van der Waals surface area contributed by atoms with Gasteiger partial charge in [-0.3, -0.25) is 0 Å². The maximum atomic E-state index is 11.8. The summed E-state index contributed by atoms with van der Waals surface area (Å²) in [6.45, 7) is 11.0. The van der Waals surface area contributed by atoms with Crippen LogP contribution in [0.3, 0.4) is 0 Å². The number of rotatable bonds is 1. The highest BCUT2D eigenvalue weighted by Gasteiger charge is 2.41. The smallest absolute Gasteiger partial charge is 0.410 e. The van der Waals surface area contributed by atoms with E-state index in [0.29, 0.717) is 12.0 Å². The lowest BCUT2D eigenvalue weighted by Crippen LogP contribution is -2.41. The Morgan fingerprint density at radius 1 is 1.25 bits per heavy atom. The molecule has 3 rings (SSSR count). The molecule has 2 atom stereocenters. The molecule has 1 aromatic carbocycles. The van der Waals surface area contributed by atoms with E-state index in [4.69, 9.17) is 10.5 Å². The first-order valence-corrected chi connectivity index (χ1v) is 9.01. The molecule has 1 aromatic rings. The van der Waals surface area contributed by atoms with Gasteiger partial charge in [0.05, 0.1) is 0 Å². The van der Waals surface area contributed by atoms with E-state index in [2.05, 4.69) is 19.9 Å². The molecule has 4 heteroatoms. The largest absolute Gasteiger partial charge is 0.444 e. The molecule has 1 heterocycles. The van der Waals surface area contributed by atoms with Crippen molar-refractivity contribution in [2.24, 2.45) is 5.92 Å². The number of ether oxygens (including phenoxy) is 1. The highest BCUT2D eigenvalue weighted by atomic mass is 16.6. The van der Waals surface area contributed by atoms with Crippen LogP contribution in [0.4, 0.5) is 10.5 Å². The first kappa shape index (κ1) is 18.6. The number of hydrogen-bond acceptors (Lipinski definition) is 3. The van der Waals surface area contributed by atoms with Crippen LogP contribution in [-0.4, -0.2) is 29.2 Å². The van der Waals surface area contributed by atoms with Gasteiger partial charge in [0.1, 0.15) is 5.60 Å². The van der Waals surface area contributed by atoms with Crippen LogP contribution in [0.5, 0.6) is 0 Å². The third-order valence-electron chi connectivity index (χ3n) is 4.66. The standard InChI is InChI=1S/C11H19NO2.C9H13N/c1-11(2,3)14-10(13)12-7-8-4-5-9(12)6-8;1-7(2)8-5-3-4-6-9(8)10/h8-9H,4-7H2,1-3H3;3-7H,10H2,1-2H3. The molecule has 1 saturated carbocycles. The van der Waals surface area contributed by atoms with Crippen molar-refractivity contribution in [3.63, 3.8) is 0 Å². The third-order valence-corrected chi connectivity index (χ3v) is 4.66. The summed E-state index contributed by atoms with van der Waals surface area (Å²) in [4.78, 5) is 13.7. The van der Waals surface area contributed by atoms with Crippen LogP contribution in [-0.2, 0) is 4.74 Å². The Morgan fingerprint density at radius 2 is 1.92 bits per heavy atom. The van der Waals surface area contributed by atoms with Crippen LogP contribution in [0, 0.1) is 5.92 Å². The number of carbonyl (C=O) groups excluding carboxylic acids is 1. The number of piperidine rings is 1. The van der Waals surface area contributed by atoms with E-state index in [-0.39, 0.29) is 11.7 Å². The van der Waals surface area contributed by atoms with Crippen LogP contribution in [0.1, 0.15) is 65.4 Å². The number of carbonyl (C=O) groups is 1. The molecule has 1 aliphatic carbocycles. The average molecular weight is 332 g/mol. The summed E-state index contributed by atoms with van der Waals surface area (Å²) in [5.41, 5.74) is 7.50. The van der Waals surface area contributed by atoms with Crippen LogP contribution in [0.15, 0.2) is 24.3 Å². The lowest BCUT2D eigenvalue weighted by molar-refractivity contribution is 0.0191. The summed E-state index contributed by atoms with van der Waals surface area (Å²) in [5, 5.41) is 0. The van der Waals surface area contributed by atoms with Gasteiger partial charge in [0.2, 0.25) is 0 Å². The van der Waals surface area contributed by atoms with Gasteiger partial charge in [0, 0.05) is 18.3 Å². The second-order valence-electron chi connectivity index (χ2n) is 8.25. The zero-order valence-electron chi connectivity index (χ0n) is 15.7. The van der Waals surface area contributed by atoms with Crippen LogP contribution >= 0.6 is 0 Å².